The van der Waals surface area contributed by atoms with Crippen LogP contribution in [0.5, 0.6) is 0 Å². The highest BCUT2D eigenvalue weighted by atomic mass is 16.6. The van der Waals surface area contributed by atoms with Gasteiger partial charge < -0.3 is 15.2 Å². The van der Waals surface area contributed by atoms with Gasteiger partial charge in [-0.05, 0) is 44.3 Å². The standard InChI is InChI=1S/C19H20N4O3/c1-22(2)11-10-13-6-8-15(9-7-13)20-19(24)16-12-14-4-3-5-17(23(25)26)18(14)21-16/h3-9,12,21H,10-11H2,1-2H3,(H,20,24). The number of aromatic amines is 1. The SMILES string of the molecule is CN(C)CCc1ccc(NC(=O)c2cc3cccc([N+](=O)[O-])c3[nH]2)cc1. The summed E-state index contributed by atoms with van der Waals surface area (Å²) in [4.78, 5) is 28.0. The molecule has 0 unspecified atom stereocenters. The van der Waals surface area contributed by atoms with Gasteiger partial charge in [0.05, 0.1) is 4.92 Å². The molecule has 0 atom stereocenters. The van der Waals surface area contributed by atoms with Gasteiger partial charge in [0.1, 0.15) is 11.2 Å². The summed E-state index contributed by atoms with van der Waals surface area (Å²) in [7, 11) is 4.05. The minimum Gasteiger partial charge on any atom is -0.345 e. The number of carbonyl (C=O) groups excluding carboxylic acids is 1. The zero-order valence-corrected chi connectivity index (χ0v) is 14.7. The van der Waals surface area contributed by atoms with E-state index in [1.807, 2.05) is 38.4 Å². The first-order chi connectivity index (χ1) is 12.4. The third-order valence-electron chi connectivity index (χ3n) is 4.14. The molecule has 1 amide bonds. The van der Waals surface area contributed by atoms with E-state index in [4.69, 9.17) is 0 Å². The van der Waals surface area contributed by atoms with Crippen LogP contribution in [0.4, 0.5) is 11.4 Å². The summed E-state index contributed by atoms with van der Waals surface area (Å²) < 4.78 is 0. The van der Waals surface area contributed by atoms with Crippen LogP contribution in [0.1, 0.15) is 16.1 Å². The second-order valence-corrected chi connectivity index (χ2v) is 6.39. The van der Waals surface area contributed by atoms with E-state index >= 15 is 0 Å². The lowest BCUT2D eigenvalue weighted by Crippen LogP contribution is -2.15. The third kappa shape index (κ3) is 3.89. The molecule has 0 spiro atoms. The molecular formula is C19H20N4O3. The predicted octanol–water partition coefficient (Wildman–Crippen LogP) is 3.43. The van der Waals surface area contributed by atoms with Gasteiger partial charge in [-0.3, -0.25) is 14.9 Å². The lowest BCUT2D eigenvalue weighted by molar-refractivity contribution is -0.383. The molecule has 0 aliphatic rings. The van der Waals surface area contributed by atoms with Gasteiger partial charge in [0.2, 0.25) is 0 Å². The van der Waals surface area contributed by atoms with Crippen molar-refractivity contribution in [2.24, 2.45) is 0 Å². The maximum Gasteiger partial charge on any atom is 0.293 e. The molecule has 0 saturated heterocycles. The molecule has 3 rings (SSSR count). The molecule has 26 heavy (non-hydrogen) atoms. The number of fused-ring (bicyclic) bond motifs is 1. The van der Waals surface area contributed by atoms with Crippen molar-refractivity contribution >= 4 is 28.2 Å². The van der Waals surface area contributed by atoms with E-state index in [-0.39, 0.29) is 17.3 Å². The van der Waals surface area contributed by atoms with E-state index in [1.54, 1.807) is 18.2 Å². The highest BCUT2D eigenvalue weighted by Crippen LogP contribution is 2.25. The van der Waals surface area contributed by atoms with Crippen LogP contribution < -0.4 is 5.32 Å². The number of rotatable bonds is 6. The highest BCUT2D eigenvalue weighted by molar-refractivity contribution is 6.06. The number of nitrogens with zero attached hydrogens (tertiary/aromatic N) is 2. The molecule has 0 radical (unpaired) electrons. The fourth-order valence-corrected chi connectivity index (χ4v) is 2.72. The first-order valence-electron chi connectivity index (χ1n) is 8.25. The van der Waals surface area contributed by atoms with Crippen molar-refractivity contribution in [2.45, 2.75) is 6.42 Å². The highest BCUT2D eigenvalue weighted by Gasteiger charge is 2.17. The van der Waals surface area contributed by atoms with Crippen LogP contribution in [0.25, 0.3) is 10.9 Å². The second-order valence-electron chi connectivity index (χ2n) is 6.39. The van der Waals surface area contributed by atoms with Gasteiger partial charge in [-0.25, -0.2) is 0 Å². The van der Waals surface area contributed by atoms with Gasteiger partial charge >= 0.3 is 0 Å². The quantitative estimate of drug-likeness (QED) is 0.525. The maximum absolute atomic E-state index is 12.4. The molecule has 1 heterocycles. The Morgan fingerprint density at radius 3 is 2.58 bits per heavy atom. The molecule has 0 saturated carbocycles. The molecule has 1 aromatic heterocycles. The maximum atomic E-state index is 12.4. The number of benzene rings is 2. The summed E-state index contributed by atoms with van der Waals surface area (Å²) in [6.45, 7) is 0.958. The number of hydrogen-bond acceptors (Lipinski definition) is 4. The van der Waals surface area contributed by atoms with Crippen molar-refractivity contribution in [2.75, 3.05) is 26.0 Å². The lowest BCUT2D eigenvalue weighted by atomic mass is 10.1. The normalized spacial score (nSPS) is 11.0. The van der Waals surface area contributed by atoms with E-state index in [1.165, 1.54) is 11.6 Å². The number of carbonyl (C=O) groups is 1. The van der Waals surface area contributed by atoms with Gasteiger partial charge in [0.25, 0.3) is 11.6 Å². The average Bonchev–Trinajstić information content (AvgIpc) is 3.05. The number of amides is 1. The van der Waals surface area contributed by atoms with Crippen LogP contribution in [0.15, 0.2) is 48.5 Å². The largest absolute Gasteiger partial charge is 0.345 e. The first kappa shape index (κ1) is 17.6. The predicted molar refractivity (Wildman–Crippen MR) is 102 cm³/mol. The summed E-state index contributed by atoms with van der Waals surface area (Å²) in [6.07, 6.45) is 0.937. The monoisotopic (exact) mass is 352 g/mol. The fourth-order valence-electron chi connectivity index (χ4n) is 2.72. The van der Waals surface area contributed by atoms with Crippen molar-refractivity contribution in [3.8, 4) is 0 Å². The minimum atomic E-state index is -0.465. The number of anilines is 1. The topological polar surface area (TPSA) is 91.3 Å². The number of H-pyrrole nitrogens is 1. The number of nitro groups is 1. The van der Waals surface area contributed by atoms with Gasteiger partial charge in [-0.2, -0.15) is 0 Å². The Hall–Kier alpha value is -3.19. The minimum absolute atomic E-state index is 0.0493. The Morgan fingerprint density at radius 1 is 1.19 bits per heavy atom. The molecular weight excluding hydrogens is 332 g/mol. The van der Waals surface area contributed by atoms with Crippen LogP contribution >= 0.6 is 0 Å². The van der Waals surface area contributed by atoms with Crippen LogP contribution in [-0.2, 0) is 6.42 Å². The van der Waals surface area contributed by atoms with Crippen molar-refractivity contribution in [1.29, 1.82) is 0 Å². The second kappa shape index (κ2) is 7.37. The smallest absolute Gasteiger partial charge is 0.293 e. The van der Waals surface area contributed by atoms with Crippen LogP contribution in [0.3, 0.4) is 0 Å². The molecule has 0 aliphatic heterocycles. The van der Waals surface area contributed by atoms with E-state index in [2.05, 4.69) is 15.2 Å². The molecule has 134 valence electrons. The molecule has 0 aliphatic carbocycles. The summed E-state index contributed by atoms with van der Waals surface area (Å²) in [5.74, 6) is -0.337. The summed E-state index contributed by atoms with van der Waals surface area (Å²) >= 11 is 0. The van der Waals surface area contributed by atoms with Crippen molar-refractivity contribution in [1.82, 2.24) is 9.88 Å². The number of para-hydroxylation sites is 1. The first-order valence-corrected chi connectivity index (χ1v) is 8.25. The Labute approximate surface area is 150 Å². The fraction of sp³-hybridized carbons (Fsp3) is 0.211. The summed E-state index contributed by atoms with van der Waals surface area (Å²) in [6, 6.07) is 14.0. The van der Waals surface area contributed by atoms with E-state index in [0.29, 0.717) is 16.6 Å². The number of likely N-dealkylation sites (N-methyl/N-ethyl adjacent to an activating group) is 1. The number of hydrogen-bond donors (Lipinski definition) is 2. The molecule has 7 nitrogen and oxygen atoms in total. The number of non-ortho nitro benzene ring substituents is 1. The molecule has 0 fully saturated rings. The Bertz CT molecular complexity index is 945. The van der Waals surface area contributed by atoms with Gasteiger partial charge in [0, 0.05) is 23.7 Å². The molecule has 0 bridgehead atoms. The third-order valence-corrected chi connectivity index (χ3v) is 4.14. The zero-order valence-electron chi connectivity index (χ0n) is 14.7. The molecule has 3 aromatic rings. The van der Waals surface area contributed by atoms with Crippen molar-refractivity contribution in [3.63, 3.8) is 0 Å². The zero-order chi connectivity index (χ0) is 18.7. The lowest BCUT2D eigenvalue weighted by Gasteiger charge is -2.10. The Morgan fingerprint density at radius 2 is 1.92 bits per heavy atom. The van der Waals surface area contributed by atoms with Gasteiger partial charge in [-0.15, -0.1) is 0 Å². The van der Waals surface area contributed by atoms with Crippen LogP contribution in [-0.4, -0.2) is 41.4 Å². The molecule has 2 aromatic carbocycles. The van der Waals surface area contributed by atoms with Crippen LogP contribution in [0, 0.1) is 10.1 Å². The van der Waals surface area contributed by atoms with Crippen molar-refractivity contribution < 1.29 is 9.72 Å². The number of nitro benzene ring substituents is 1. The number of nitrogens with one attached hydrogen (secondary N) is 2. The van der Waals surface area contributed by atoms with E-state index in [0.717, 1.165) is 13.0 Å². The van der Waals surface area contributed by atoms with Gasteiger partial charge in [-0.1, -0.05) is 24.3 Å². The summed E-state index contributed by atoms with van der Waals surface area (Å²) in [5, 5.41) is 14.5. The molecule has 2 N–H and O–H groups in total. The van der Waals surface area contributed by atoms with E-state index < -0.39 is 4.92 Å². The molecule has 7 heteroatoms. The Kier molecular flexibility index (Phi) is 4.99. The van der Waals surface area contributed by atoms with E-state index in [9.17, 15) is 14.9 Å². The van der Waals surface area contributed by atoms with Crippen molar-refractivity contribution in [3.05, 3.63) is 69.9 Å². The Balaban J connectivity index is 1.75. The van der Waals surface area contributed by atoms with Gasteiger partial charge in [0.15, 0.2) is 0 Å². The summed E-state index contributed by atoms with van der Waals surface area (Å²) in [5.41, 5.74) is 2.45. The van der Waals surface area contributed by atoms with Crippen LogP contribution in [0.2, 0.25) is 0 Å². The average molecular weight is 352 g/mol. The number of aromatic nitrogens is 1.